The number of ether oxygens (including phenoxy) is 2. The van der Waals surface area contributed by atoms with Gasteiger partial charge in [-0.2, -0.15) is 10.4 Å². The second-order valence-corrected chi connectivity index (χ2v) is 18.2. The average Bonchev–Trinajstić information content (AvgIpc) is 3.86. The first-order valence-electron chi connectivity index (χ1n) is 22.2. The highest BCUT2D eigenvalue weighted by Gasteiger charge is 2.45. The number of nitrogens with one attached hydrogen (secondary N) is 2. The number of hydrogen-bond acceptors (Lipinski definition) is 11. The van der Waals surface area contributed by atoms with Gasteiger partial charge in [0, 0.05) is 63.8 Å². The van der Waals surface area contributed by atoms with Gasteiger partial charge >= 0.3 is 6.03 Å². The van der Waals surface area contributed by atoms with Crippen LogP contribution in [0.2, 0.25) is 0 Å². The van der Waals surface area contributed by atoms with E-state index in [2.05, 4.69) is 44.6 Å². The maximum atomic E-state index is 15.9. The van der Waals surface area contributed by atoms with Gasteiger partial charge < -0.3 is 24.4 Å². The van der Waals surface area contributed by atoms with E-state index in [1.165, 1.54) is 35.2 Å². The molecule has 1 atom stereocenters. The monoisotopic (exact) mass is 894 g/mol. The third kappa shape index (κ3) is 9.06. The van der Waals surface area contributed by atoms with Crippen LogP contribution >= 0.6 is 12.1 Å². The number of piperidine rings is 1. The molecule has 1 unspecified atom stereocenters. The van der Waals surface area contributed by atoms with E-state index in [0.717, 1.165) is 70.1 Å². The molecule has 5 aromatic rings. The summed E-state index contributed by atoms with van der Waals surface area (Å²) in [6.07, 6.45) is 10.9. The number of carbonyl (C=O) groups excluding carboxylic acids is 1. The lowest BCUT2D eigenvalue weighted by Crippen LogP contribution is -2.49. The van der Waals surface area contributed by atoms with Crippen molar-refractivity contribution in [1.29, 1.82) is 5.26 Å². The zero-order valence-corrected chi connectivity index (χ0v) is 37.7. The number of aryl methyl sites for hydroxylation is 1. The fourth-order valence-corrected chi connectivity index (χ4v) is 10.4. The van der Waals surface area contributed by atoms with Crippen molar-refractivity contribution in [2.75, 3.05) is 56.5 Å². The number of halogens is 2. The van der Waals surface area contributed by atoms with Crippen LogP contribution in [0.15, 0.2) is 66.2 Å². The quantitative estimate of drug-likeness (QED) is 0.0815. The number of carbonyl (C=O) groups is 1. The van der Waals surface area contributed by atoms with Crippen molar-refractivity contribution in [3.05, 3.63) is 94.6 Å². The molecule has 17 heteroatoms. The zero-order chi connectivity index (χ0) is 45.1. The molecule has 1 saturated carbocycles. The van der Waals surface area contributed by atoms with Gasteiger partial charge in [0.15, 0.2) is 17.4 Å². The Labute approximate surface area is 376 Å². The molecular formula is C47H56F2N10O4S. The van der Waals surface area contributed by atoms with Crippen LogP contribution in [0.3, 0.4) is 0 Å². The smallest absolute Gasteiger partial charge is 0.322 e. The summed E-state index contributed by atoms with van der Waals surface area (Å²) >= 11 is 1.31. The van der Waals surface area contributed by atoms with Crippen molar-refractivity contribution >= 4 is 51.5 Å². The molecule has 2 amide bonds. The molecule has 8 rings (SSSR count). The van der Waals surface area contributed by atoms with E-state index in [9.17, 15) is 14.9 Å². The lowest BCUT2D eigenvalue weighted by molar-refractivity contribution is -0.0540. The molecule has 338 valence electrons. The first kappa shape index (κ1) is 45.0. The second kappa shape index (κ2) is 19.3. The van der Waals surface area contributed by atoms with Gasteiger partial charge in [0.25, 0.3) is 5.56 Å². The summed E-state index contributed by atoms with van der Waals surface area (Å²) in [5, 5.41) is 18.2. The number of likely N-dealkylation sites (tertiary alicyclic amines) is 1. The lowest BCUT2D eigenvalue weighted by Gasteiger charge is -2.44. The van der Waals surface area contributed by atoms with E-state index >= 15 is 8.78 Å². The Bertz CT molecular complexity index is 2630. The highest BCUT2D eigenvalue weighted by atomic mass is 32.2. The molecule has 0 bridgehead atoms. The van der Waals surface area contributed by atoms with Gasteiger partial charge in [-0.15, -0.1) is 6.58 Å². The largest absolute Gasteiger partial charge is 0.453 e. The minimum absolute atomic E-state index is 0.0189. The number of hydrogen-bond donors (Lipinski definition) is 2. The summed E-state index contributed by atoms with van der Waals surface area (Å²) in [4.78, 5) is 35.5. The number of aromatic nitrogens is 4. The first-order valence-corrected chi connectivity index (χ1v) is 22.9. The van der Waals surface area contributed by atoms with Crippen LogP contribution in [0.25, 0.3) is 21.8 Å². The molecule has 0 radical (unpaired) electrons. The number of anilines is 2. The van der Waals surface area contributed by atoms with Crippen LogP contribution in [0, 0.1) is 23.0 Å². The Hall–Kier alpha value is -5.54. The Morgan fingerprint density at radius 2 is 1.88 bits per heavy atom. The van der Waals surface area contributed by atoms with Gasteiger partial charge in [0.2, 0.25) is 0 Å². The number of urea groups is 1. The first-order chi connectivity index (χ1) is 31.0. The highest BCUT2D eigenvalue weighted by Crippen LogP contribution is 2.44. The van der Waals surface area contributed by atoms with Crippen molar-refractivity contribution in [2.24, 2.45) is 7.05 Å². The summed E-state index contributed by atoms with van der Waals surface area (Å²) in [6, 6.07) is 13.0. The Morgan fingerprint density at radius 1 is 1.09 bits per heavy atom. The predicted octanol–water partition coefficient (Wildman–Crippen LogP) is 8.79. The van der Waals surface area contributed by atoms with E-state index < -0.39 is 5.82 Å². The van der Waals surface area contributed by atoms with Crippen molar-refractivity contribution < 1.29 is 23.0 Å². The zero-order valence-electron chi connectivity index (χ0n) is 36.9. The minimum Gasteiger partial charge on any atom is -0.453 e. The summed E-state index contributed by atoms with van der Waals surface area (Å²) in [7, 11) is 5.32. The van der Waals surface area contributed by atoms with E-state index in [-0.39, 0.29) is 52.0 Å². The molecule has 3 aromatic carbocycles. The average molecular weight is 895 g/mol. The topological polar surface area (TPSA) is 146 Å². The molecule has 2 saturated heterocycles. The summed E-state index contributed by atoms with van der Waals surface area (Å²) in [5.41, 5.74) is 1.83. The number of fused-ring (bicyclic) bond motifs is 2. The van der Waals surface area contributed by atoms with Crippen molar-refractivity contribution in [1.82, 2.24) is 33.9 Å². The van der Waals surface area contributed by atoms with Crippen LogP contribution in [-0.2, 0) is 11.8 Å². The van der Waals surface area contributed by atoms with Crippen molar-refractivity contribution in [3.63, 3.8) is 0 Å². The fraction of sp³-hybridized carbons (Fsp3) is 0.468. The molecule has 1 spiro atoms. The van der Waals surface area contributed by atoms with Crippen LogP contribution in [0.4, 0.5) is 25.1 Å². The third-order valence-corrected chi connectivity index (χ3v) is 14.0. The Morgan fingerprint density at radius 3 is 2.59 bits per heavy atom. The molecule has 64 heavy (non-hydrogen) atoms. The fourth-order valence-electron chi connectivity index (χ4n) is 9.74. The predicted molar refractivity (Wildman–Crippen MR) is 247 cm³/mol. The molecule has 2 N–H and O–H groups in total. The molecule has 2 aliphatic heterocycles. The van der Waals surface area contributed by atoms with Gasteiger partial charge in [-0.05, 0) is 119 Å². The molecule has 4 heterocycles. The summed E-state index contributed by atoms with van der Waals surface area (Å²) in [6.45, 7) is 9.20. The van der Waals surface area contributed by atoms with E-state index in [1.54, 1.807) is 46.9 Å². The van der Waals surface area contributed by atoms with Gasteiger partial charge in [-0.3, -0.25) is 18.9 Å². The summed E-state index contributed by atoms with van der Waals surface area (Å²) in [5.74, 6) is -0.445. The molecule has 14 nitrogen and oxygen atoms in total. The standard InChI is InChI=1S/C47H56F2N10O4S/c1-6-8-20-58(46(61)51-3)44-36-24-39(49)34(25-42(36)56(5)53-44)30-9-11-31(12-10-30)57-21-17-47(18-22-57)26-32(28-62-47)59-29-52-40-15-13-33(23-35(40)45(59)60)63-43-37(27-50)41(16-14-38(43)48)54-64-55(4)19-7-2/h6,13-16,23-25,29-32,54H,1,7-12,17-22,26,28H2,2-5H3,(H,51,61). The maximum Gasteiger partial charge on any atom is 0.322 e. The van der Waals surface area contributed by atoms with Gasteiger partial charge in [-0.25, -0.2) is 22.9 Å². The minimum atomic E-state index is -0.693. The van der Waals surface area contributed by atoms with Crippen LogP contribution < -0.4 is 25.2 Å². The number of benzene rings is 3. The number of nitriles is 1. The van der Waals surface area contributed by atoms with Crippen LogP contribution in [0.1, 0.15) is 87.8 Å². The highest BCUT2D eigenvalue weighted by molar-refractivity contribution is 7.98. The SMILES string of the molecule is C=CCCN(C(=O)NC)c1nn(C)c2cc(C3CCC(N4CCC5(CC4)CC(n4cnc6ccc(Oc7c(F)ccc(NSN(C)CCC)c7C#N)cc6c4=O)CO5)CC3)c(F)cc12. The van der Waals surface area contributed by atoms with Gasteiger partial charge in [0.05, 0.1) is 46.7 Å². The van der Waals surface area contributed by atoms with Crippen LogP contribution in [0.5, 0.6) is 11.5 Å². The van der Waals surface area contributed by atoms with E-state index in [0.29, 0.717) is 65.4 Å². The van der Waals surface area contributed by atoms with Crippen molar-refractivity contribution in [2.45, 2.75) is 88.3 Å². The number of rotatable bonds is 14. The lowest BCUT2D eigenvalue weighted by atomic mass is 9.79. The maximum absolute atomic E-state index is 15.9. The third-order valence-electron chi connectivity index (χ3n) is 13.2. The molecule has 3 fully saturated rings. The van der Waals surface area contributed by atoms with E-state index in [4.69, 9.17) is 9.47 Å². The van der Waals surface area contributed by atoms with Crippen molar-refractivity contribution in [3.8, 4) is 17.6 Å². The van der Waals surface area contributed by atoms with E-state index in [1.807, 2.05) is 24.5 Å². The Kier molecular flexibility index (Phi) is 13.6. The van der Waals surface area contributed by atoms with Crippen LogP contribution in [-0.4, -0.2) is 93.1 Å². The molecule has 3 aliphatic rings. The Balaban J connectivity index is 0.892. The van der Waals surface area contributed by atoms with Gasteiger partial charge in [-0.1, -0.05) is 13.0 Å². The number of amides is 2. The number of nitrogens with zero attached hydrogens (tertiary/aromatic N) is 8. The summed E-state index contributed by atoms with van der Waals surface area (Å²) < 4.78 is 52.1. The molecule has 2 aromatic heterocycles. The molecular weight excluding hydrogens is 839 g/mol. The van der Waals surface area contributed by atoms with Gasteiger partial charge in [0.1, 0.15) is 23.2 Å². The second-order valence-electron chi connectivity index (χ2n) is 17.2. The normalized spacial score (nSPS) is 19.9. The molecule has 1 aliphatic carbocycles.